The van der Waals surface area contributed by atoms with Gasteiger partial charge in [-0.15, -0.1) is 0 Å². The first-order valence-corrected chi connectivity index (χ1v) is 12.5. The third-order valence-electron chi connectivity index (χ3n) is 9.59. The topological polar surface area (TPSA) is 92.9 Å². The minimum absolute atomic E-state index is 0.00882. The SMILES string of the molecule is Cc1nc2ccc(C3=CCC4C3(C)CCC3(C#N)C=C5CC(O)CCC5CC[C@]43O)cc2[nH]1. The fraction of sp³-hybridized carbons (Fsp3) is 0.571. The summed E-state index contributed by atoms with van der Waals surface area (Å²) in [5, 5.41) is 33.2. The molecule has 3 N–H and O–H groups in total. The summed E-state index contributed by atoms with van der Waals surface area (Å²) in [5.41, 5.74) is 3.61. The van der Waals surface area contributed by atoms with Crippen molar-refractivity contribution in [2.45, 2.75) is 76.9 Å². The highest BCUT2D eigenvalue weighted by molar-refractivity contribution is 5.83. The molecule has 0 saturated heterocycles. The molecule has 4 aliphatic rings. The molecule has 0 spiro atoms. The van der Waals surface area contributed by atoms with Crippen molar-refractivity contribution in [1.29, 1.82) is 5.26 Å². The van der Waals surface area contributed by atoms with Crippen LogP contribution < -0.4 is 0 Å². The zero-order valence-electron chi connectivity index (χ0n) is 19.6. The molecule has 2 fully saturated rings. The first-order valence-electron chi connectivity index (χ1n) is 12.5. The van der Waals surface area contributed by atoms with Gasteiger partial charge in [0.2, 0.25) is 0 Å². The highest BCUT2D eigenvalue weighted by Crippen LogP contribution is 2.66. The van der Waals surface area contributed by atoms with Crippen LogP contribution in [0.2, 0.25) is 0 Å². The maximum Gasteiger partial charge on any atom is 0.105 e. The number of aliphatic hydroxyl groups is 2. The summed E-state index contributed by atoms with van der Waals surface area (Å²) in [4.78, 5) is 7.90. The number of aliphatic hydroxyl groups excluding tert-OH is 1. The minimum atomic E-state index is -1.06. The van der Waals surface area contributed by atoms with Crippen LogP contribution in [-0.2, 0) is 0 Å². The van der Waals surface area contributed by atoms with E-state index in [2.05, 4.69) is 53.3 Å². The number of nitrogens with zero attached hydrogens (tertiary/aromatic N) is 2. The number of aryl methyl sites for hydroxylation is 1. The van der Waals surface area contributed by atoms with Gasteiger partial charge < -0.3 is 15.2 Å². The molecule has 6 rings (SSSR count). The van der Waals surface area contributed by atoms with E-state index in [1.165, 1.54) is 16.7 Å². The maximum atomic E-state index is 12.4. The van der Waals surface area contributed by atoms with Gasteiger partial charge in [0, 0.05) is 5.92 Å². The number of nitrogens with one attached hydrogen (secondary N) is 1. The molecule has 1 aromatic carbocycles. The smallest absolute Gasteiger partial charge is 0.105 e. The summed E-state index contributed by atoms with van der Waals surface area (Å²) < 4.78 is 0. The zero-order valence-corrected chi connectivity index (χ0v) is 19.6. The lowest BCUT2D eigenvalue weighted by atomic mass is 9.49. The van der Waals surface area contributed by atoms with E-state index in [1.54, 1.807) is 0 Å². The monoisotopic (exact) mass is 443 g/mol. The number of aromatic amines is 1. The van der Waals surface area contributed by atoms with Crippen LogP contribution in [0.4, 0.5) is 0 Å². The van der Waals surface area contributed by atoms with Crippen LogP contribution in [0.5, 0.6) is 0 Å². The van der Waals surface area contributed by atoms with Crippen LogP contribution in [-0.4, -0.2) is 31.9 Å². The fourth-order valence-corrected chi connectivity index (χ4v) is 7.80. The van der Waals surface area contributed by atoms with Gasteiger partial charge >= 0.3 is 0 Å². The normalized spacial score (nSPS) is 40.2. The Hall–Kier alpha value is -2.42. The van der Waals surface area contributed by atoms with Crippen molar-refractivity contribution in [3.8, 4) is 6.07 Å². The minimum Gasteiger partial charge on any atom is -0.393 e. The van der Waals surface area contributed by atoms with Crippen LogP contribution in [0, 0.1) is 40.9 Å². The van der Waals surface area contributed by atoms with Crippen molar-refractivity contribution in [3.05, 3.63) is 47.3 Å². The van der Waals surface area contributed by atoms with Crippen LogP contribution in [0.3, 0.4) is 0 Å². The van der Waals surface area contributed by atoms with Crippen LogP contribution in [0.1, 0.15) is 69.7 Å². The number of benzene rings is 1. The van der Waals surface area contributed by atoms with Gasteiger partial charge in [-0.25, -0.2) is 4.98 Å². The van der Waals surface area contributed by atoms with Crippen molar-refractivity contribution in [1.82, 2.24) is 9.97 Å². The molecule has 172 valence electrons. The Kier molecular flexibility index (Phi) is 4.51. The number of aromatic nitrogens is 2. The number of nitriles is 1. The van der Waals surface area contributed by atoms with Gasteiger partial charge in [-0.05, 0) is 92.9 Å². The average molecular weight is 444 g/mol. The van der Waals surface area contributed by atoms with Gasteiger partial charge in [-0.3, -0.25) is 0 Å². The Balaban J connectivity index is 1.40. The first-order chi connectivity index (χ1) is 15.8. The number of fused-ring (bicyclic) bond motifs is 5. The summed E-state index contributed by atoms with van der Waals surface area (Å²) in [6, 6.07) is 9.04. The lowest BCUT2D eigenvalue weighted by Crippen LogP contribution is -2.59. The third-order valence-corrected chi connectivity index (χ3v) is 9.59. The predicted molar refractivity (Wildman–Crippen MR) is 128 cm³/mol. The Labute approximate surface area is 195 Å². The Bertz CT molecular complexity index is 1240. The van der Waals surface area contributed by atoms with Crippen LogP contribution in [0.25, 0.3) is 16.6 Å². The molecule has 1 heterocycles. The van der Waals surface area contributed by atoms with Crippen molar-refractivity contribution < 1.29 is 10.2 Å². The number of imidazole rings is 1. The predicted octanol–water partition coefficient (Wildman–Crippen LogP) is 5.20. The number of hydrogen-bond donors (Lipinski definition) is 3. The molecule has 4 aliphatic carbocycles. The molecule has 0 radical (unpaired) electrons. The quantitative estimate of drug-likeness (QED) is 0.528. The Morgan fingerprint density at radius 3 is 2.85 bits per heavy atom. The second-order valence-electron chi connectivity index (χ2n) is 11.3. The van der Waals surface area contributed by atoms with Crippen LogP contribution in [0.15, 0.2) is 35.9 Å². The number of H-pyrrole nitrogens is 1. The maximum absolute atomic E-state index is 12.4. The molecule has 6 atom stereocenters. The molecule has 5 unspecified atom stereocenters. The van der Waals surface area contributed by atoms with Gasteiger partial charge in [0.25, 0.3) is 0 Å². The molecule has 33 heavy (non-hydrogen) atoms. The van der Waals surface area contributed by atoms with E-state index >= 15 is 0 Å². The lowest BCUT2D eigenvalue weighted by Gasteiger charge is -2.56. The number of rotatable bonds is 1. The molecular weight excluding hydrogens is 410 g/mol. The highest BCUT2D eigenvalue weighted by atomic mass is 16.3. The van der Waals surface area contributed by atoms with Crippen molar-refractivity contribution in [3.63, 3.8) is 0 Å². The average Bonchev–Trinajstić information content (AvgIpc) is 3.30. The molecule has 5 nitrogen and oxygen atoms in total. The largest absolute Gasteiger partial charge is 0.393 e. The fourth-order valence-electron chi connectivity index (χ4n) is 7.80. The zero-order chi connectivity index (χ0) is 23.0. The van der Waals surface area contributed by atoms with Crippen molar-refractivity contribution >= 4 is 16.6 Å². The first kappa shape index (κ1) is 21.1. The molecule has 2 saturated carbocycles. The van der Waals surface area contributed by atoms with Gasteiger partial charge in [0.15, 0.2) is 0 Å². The van der Waals surface area contributed by atoms with E-state index in [0.29, 0.717) is 25.2 Å². The van der Waals surface area contributed by atoms with E-state index in [9.17, 15) is 15.5 Å². The van der Waals surface area contributed by atoms with E-state index in [-0.39, 0.29) is 17.4 Å². The third kappa shape index (κ3) is 2.87. The number of allylic oxidation sites excluding steroid dienone is 2. The standard InChI is InChI=1S/C28H33N3O2/c1-17-30-23-7-4-19(14-24(23)31-17)22-6-8-25-26(22,2)11-12-27(16-29)15-20-13-21(32)5-3-18(20)9-10-28(25,27)33/h4,6-7,14-15,18,21,25,32-33H,3,5,8-13H2,1-2H3,(H,30,31)/t18?,21?,25?,26?,27?,28-/m0/s1. The summed E-state index contributed by atoms with van der Waals surface area (Å²) in [6.07, 6.45) is 10.4. The summed E-state index contributed by atoms with van der Waals surface area (Å²) in [5.74, 6) is 1.31. The molecule has 0 amide bonds. The summed E-state index contributed by atoms with van der Waals surface area (Å²) in [7, 11) is 0. The van der Waals surface area contributed by atoms with Crippen molar-refractivity contribution in [2.75, 3.05) is 0 Å². The van der Waals surface area contributed by atoms with Crippen molar-refractivity contribution in [2.24, 2.45) is 22.7 Å². The van der Waals surface area contributed by atoms with E-state index < -0.39 is 11.0 Å². The van der Waals surface area contributed by atoms with Gasteiger partial charge in [-0.2, -0.15) is 5.26 Å². The van der Waals surface area contributed by atoms with Gasteiger partial charge in [0.05, 0.1) is 28.8 Å². The number of hydrogen-bond acceptors (Lipinski definition) is 4. The second-order valence-corrected chi connectivity index (χ2v) is 11.3. The molecule has 2 aromatic rings. The molecule has 5 heteroatoms. The van der Waals surface area contributed by atoms with Gasteiger partial charge in [0.1, 0.15) is 11.2 Å². The Morgan fingerprint density at radius 1 is 1.18 bits per heavy atom. The Morgan fingerprint density at radius 2 is 2.03 bits per heavy atom. The second kappa shape index (κ2) is 7.04. The van der Waals surface area contributed by atoms with E-state index in [0.717, 1.165) is 49.0 Å². The molecule has 1 aromatic heterocycles. The lowest BCUT2D eigenvalue weighted by molar-refractivity contribution is -0.143. The highest BCUT2D eigenvalue weighted by Gasteiger charge is 2.65. The summed E-state index contributed by atoms with van der Waals surface area (Å²) in [6.45, 7) is 4.27. The van der Waals surface area contributed by atoms with E-state index in [1.807, 2.05) is 6.92 Å². The molecular formula is C28H33N3O2. The van der Waals surface area contributed by atoms with Crippen LogP contribution >= 0.6 is 0 Å². The molecule has 0 bridgehead atoms. The van der Waals surface area contributed by atoms with Gasteiger partial charge in [-0.1, -0.05) is 30.7 Å². The molecule has 0 aliphatic heterocycles. The van der Waals surface area contributed by atoms with E-state index in [4.69, 9.17) is 0 Å². The summed E-state index contributed by atoms with van der Waals surface area (Å²) >= 11 is 0.